The van der Waals surface area contributed by atoms with Gasteiger partial charge in [0.05, 0.1) is 5.52 Å². The summed E-state index contributed by atoms with van der Waals surface area (Å²) in [6.07, 6.45) is 3.33. The number of fused-ring (bicyclic) bond motifs is 1. The highest BCUT2D eigenvalue weighted by Crippen LogP contribution is 2.31. The zero-order chi connectivity index (χ0) is 13.8. The van der Waals surface area contributed by atoms with Gasteiger partial charge in [0.2, 0.25) is 0 Å². The van der Waals surface area contributed by atoms with Crippen molar-refractivity contribution in [3.8, 4) is 0 Å². The minimum atomic E-state index is 0.857. The summed E-state index contributed by atoms with van der Waals surface area (Å²) in [5, 5.41) is 1.32. The number of nitrogens with zero attached hydrogens (tertiary/aromatic N) is 2. The van der Waals surface area contributed by atoms with E-state index in [1.165, 1.54) is 15.8 Å². The average molecular weight is 277 g/mol. The van der Waals surface area contributed by atoms with Gasteiger partial charge in [-0.3, -0.25) is 0 Å². The molecule has 2 rings (SSSR count). The number of nitrogen functional groups attached to an aromatic ring is 1. The maximum atomic E-state index is 6.03. The van der Waals surface area contributed by atoms with Gasteiger partial charge in [-0.25, -0.2) is 0 Å². The number of hydrogen-bond acceptors (Lipinski definition) is 3. The predicted molar refractivity (Wildman–Crippen MR) is 85.9 cm³/mol. The lowest BCUT2D eigenvalue weighted by Crippen LogP contribution is -2.14. The number of rotatable bonds is 6. The van der Waals surface area contributed by atoms with Gasteiger partial charge < -0.3 is 15.2 Å². The minimum absolute atomic E-state index is 0.857. The highest BCUT2D eigenvalue weighted by Gasteiger charge is 2.07. The Labute approximate surface area is 119 Å². The second kappa shape index (κ2) is 6.35. The molecule has 0 aliphatic heterocycles. The van der Waals surface area contributed by atoms with E-state index in [1.807, 2.05) is 11.8 Å². The minimum Gasteiger partial charge on any atom is -0.399 e. The second-order valence-electron chi connectivity index (χ2n) is 5.05. The molecule has 0 aliphatic carbocycles. The number of hydrogen-bond donors (Lipinski definition) is 1. The lowest BCUT2D eigenvalue weighted by atomic mass is 10.2. The van der Waals surface area contributed by atoms with Crippen LogP contribution in [-0.4, -0.2) is 35.9 Å². The molecule has 2 N–H and O–H groups in total. The molecule has 3 nitrogen and oxygen atoms in total. The first-order valence-corrected chi connectivity index (χ1v) is 7.76. The molecule has 2 aromatic rings. The number of benzene rings is 1. The lowest BCUT2D eigenvalue weighted by molar-refractivity contribution is 0.388. The average Bonchev–Trinajstić information content (AvgIpc) is 2.72. The van der Waals surface area contributed by atoms with Crippen molar-refractivity contribution in [1.82, 2.24) is 9.47 Å². The third-order valence-corrected chi connectivity index (χ3v) is 4.11. The van der Waals surface area contributed by atoms with E-state index >= 15 is 0 Å². The molecule has 19 heavy (non-hydrogen) atoms. The standard InChI is InChI=1S/C15H23N3S/c1-4-19-15-11-12(16)10-14-13(15)6-9-18(14)8-5-7-17(2)3/h6,9-11H,4-5,7-8,16H2,1-3H3. The predicted octanol–water partition coefficient (Wildman–Crippen LogP) is 3.29. The van der Waals surface area contributed by atoms with E-state index in [9.17, 15) is 0 Å². The molecule has 0 aliphatic rings. The van der Waals surface area contributed by atoms with Gasteiger partial charge in [-0.15, -0.1) is 11.8 Å². The Balaban J connectivity index is 2.26. The summed E-state index contributed by atoms with van der Waals surface area (Å²) in [6, 6.07) is 6.38. The van der Waals surface area contributed by atoms with Crippen molar-refractivity contribution in [2.45, 2.75) is 24.8 Å². The first-order valence-electron chi connectivity index (χ1n) is 6.77. The van der Waals surface area contributed by atoms with Crippen molar-refractivity contribution < 1.29 is 0 Å². The fourth-order valence-corrected chi connectivity index (χ4v) is 3.17. The van der Waals surface area contributed by atoms with Gasteiger partial charge in [0.15, 0.2) is 0 Å². The van der Waals surface area contributed by atoms with Crippen LogP contribution in [0.4, 0.5) is 5.69 Å². The summed E-state index contributed by atoms with van der Waals surface area (Å²) >= 11 is 1.86. The number of aromatic nitrogens is 1. The molecule has 0 spiro atoms. The summed E-state index contributed by atoms with van der Waals surface area (Å²) in [5.41, 5.74) is 8.14. The molecule has 0 saturated heterocycles. The van der Waals surface area contributed by atoms with Gasteiger partial charge in [-0.2, -0.15) is 0 Å². The van der Waals surface area contributed by atoms with Gasteiger partial charge in [0.1, 0.15) is 0 Å². The van der Waals surface area contributed by atoms with E-state index in [-0.39, 0.29) is 0 Å². The molecule has 0 atom stereocenters. The summed E-state index contributed by atoms with van der Waals surface area (Å²) in [4.78, 5) is 3.52. The van der Waals surface area contributed by atoms with E-state index < -0.39 is 0 Å². The van der Waals surface area contributed by atoms with Gasteiger partial charge >= 0.3 is 0 Å². The largest absolute Gasteiger partial charge is 0.399 e. The highest BCUT2D eigenvalue weighted by atomic mass is 32.2. The van der Waals surface area contributed by atoms with Crippen molar-refractivity contribution in [1.29, 1.82) is 0 Å². The van der Waals surface area contributed by atoms with Crippen LogP contribution in [0.25, 0.3) is 10.9 Å². The molecule has 4 heteroatoms. The van der Waals surface area contributed by atoms with Crippen LogP contribution in [0, 0.1) is 0 Å². The van der Waals surface area contributed by atoms with Gasteiger partial charge in [0, 0.05) is 28.7 Å². The van der Waals surface area contributed by atoms with Crippen LogP contribution < -0.4 is 5.73 Å². The van der Waals surface area contributed by atoms with Crippen LogP contribution in [0.2, 0.25) is 0 Å². The zero-order valence-electron chi connectivity index (χ0n) is 12.0. The van der Waals surface area contributed by atoms with Crippen molar-refractivity contribution in [2.75, 3.05) is 32.1 Å². The van der Waals surface area contributed by atoms with E-state index in [2.05, 4.69) is 54.9 Å². The molecular formula is C15H23N3S. The molecular weight excluding hydrogens is 254 g/mol. The Hall–Kier alpha value is -1.13. The zero-order valence-corrected chi connectivity index (χ0v) is 12.8. The molecule has 0 amide bonds. The Morgan fingerprint density at radius 1 is 1.32 bits per heavy atom. The number of thioether (sulfide) groups is 1. The molecule has 0 bridgehead atoms. The summed E-state index contributed by atoms with van der Waals surface area (Å²) < 4.78 is 2.31. The first-order chi connectivity index (χ1) is 9.11. The third-order valence-electron chi connectivity index (χ3n) is 3.18. The maximum Gasteiger partial charge on any atom is 0.0512 e. The summed E-state index contributed by atoms with van der Waals surface area (Å²) in [7, 11) is 4.23. The maximum absolute atomic E-state index is 6.03. The normalized spacial score (nSPS) is 11.6. The monoisotopic (exact) mass is 277 g/mol. The Bertz CT molecular complexity index is 546. The van der Waals surface area contributed by atoms with Crippen molar-refractivity contribution in [2.24, 2.45) is 0 Å². The molecule has 1 aromatic carbocycles. The summed E-state index contributed by atoms with van der Waals surface area (Å²) in [5.74, 6) is 1.07. The van der Waals surface area contributed by atoms with Crippen molar-refractivity contribution in [3.63, 3.8) is 0 Å². The molecule has 0 radical (unpaired) electrons. The highest BCUT2D eigenvalue weighted by molar-refractivity contribution is 7.99. The Kier molecular flexibility index (Phi) is 4.77. The first kappa shape index (κ1) is 14.3. The van der Waals surface area contributed by atoms with Gasteiger partial charge in [-0.1, -0.05) is 6.92 Å². The van der Waals surface area contributed by atoms with Crippen LogP contribution in [0.3, 0.4) is 0 Å². The molecule has 104 valence electrons. The van der Waals surface area contributed by atoms with E-state index in [1.54, 1.807) is 0 Å². The van der Waals surface area contributed by atoms with E-state index in [0.29, 0.717) is 0 Å². The van der Waals surface area contributed by atoms with Crippen LogP contribution in [0.1, 0.15) is 13.3 Å². The van der Waals surface area contributed by atoms with Gasteiger partial charge in [-0.05, 0) is 51.0 Å². The lowest BCUT2D eigenvalue weighted by Gasteiger charge is -2.11. The molecule has 1 aromatic heterocycles. The van der Waals surface area contributed by atoms with Gasteiger partial charge in [0.25, 0.3) is 0 Å². The molecule has 0 saturated carbocycles. The number of anilines is 1. The van der Waals surface area contributed by atoms with Crippen LogP contribution in [0.15, 0.2) is 29.3 Å². The number of aryl methyl sites for hydroxylation is 1. The SMILES string of the molecule is CCSc1cc(N)cc2c1ccn2CCCN(C)C. The van der Waals surface area contributed by atoms with Crippen molar-refractivity contribution in [3.05, 3.63) is 24.4 Å². The third kappa shape index (κ3) is 3.45. The smallest absolute Gasteiger partial charge is 0.0512 e. The fourth-order valence-electron chi connectivity index (χ4n) is 2.31. The van der Waals surface area contributed by atoms with E-state index in [0.717, 1.165) is 31.0 Å². The van der Waals surface area contributed by atoms with Crippen LogP contribution in [-0.2, 0) is 6.54 Å². The quantitative estimate of drug-likeness (QED) is 0.650. The van der Waals surface area contributed by atoms with Crippen LogP contribution in [0.5, 0.6) is 0 Å². The second-order valence-corrected chi connectivity index (χ2v) is 6.36. The number of nitrogens with two attached hydrogens (primary N) is 1. The van der Waals surface area contributed by atoms with Crippen LogP contribution >= 0.6 is 11.8 Å². The Morgan fingerprint density at radius 3 is 2.79 bits per heavy atom. The molecule has 0 fully saturated rings. The van der Waals surface area contributed by atoms with Crippen molar-refractivity contribution >= 4 is 28.4 Å². The fraction of sp³-hybridized carbons (Fsp3) is 0.467. The Morgan fingerprint density at radius 2 is 2.11 bits per heavy atom. The summed E-state index contributed by atoms with van der Waals surface area (Å²) in [6.45, 7) is 4.33. The van der Waals surface area contributed by atoms with E-state index in [4.69, 9.17) is 5.73 Å². The molecule has 1 heterocycles. The molecule has 0 unspecified atom stereocenters. The topological polar surface area (TPSA) is 34.2 Å².